The summed E-state index contributed by atoms with van der Waals surface area (Å²) in [6.07, 6.45) is -0.470. The van der Waals surface area contributed by atoms with E-state index >= 15 is 0 Å². The Kier molecular flexibility index (Phi) is 4.54. The van der Waals surface area contributed by atoms with E-state index in [4.69, 9.17) is 4.74 Å². The molecule has 0 amide bonds. The van der Waals surface area contributed by atoms with Crippen LogP contribution in [0.4, 0.5) is 0 Å². The van der Waals surface area contributed by atoms with Gasteiger partial charge in [-0.25, -0.2) is 0 Å². The molecule has 0 aliphatic heterocycles. The minimum absolute atomic E-state index is 0.138. The molecular weight excluding hydrogens is 216 g/mol. The first kappa shape index (κ1) is 14.0. The smallest absolute Gasteiger partial charge is 0.119 e. The number of rotatable bonds is 5. The van der Waals surface area contributed by atoms with Crippen molar-refractivity contribution in [3.05, 3.63) is 29.8 Å². The Morgan fingerprint density at radius 2 is 1.71 bits per heavy atom. The highest BCUT2D eigenvalue weighted by atomic mass is 16.5. The second-order valence-electron chi connectivity index (χ2n) is 5.05. The Morgan fingerprint density at radius 3 is 2.12 bits per heavy atom. The van der Waals surface area contributed by atoms with Crippen LogP contribution < -0.4 is 4.74 Å². The van der Waals surface area contributed by atoms with Crippen LogP contribution in [0.15, 0.2) is 24.3 Å². The third-order valence-electron chi connectivity index (χ3n) is 3.14. The molecule has 17 heavy (non-hydrogen) atoms. The van der Waals surface area contributed by atoms with Crippen LogP contribution in [-0.4, -0.2) is 22.4 Å². The average molecular weight is 238 g/mol. The quantitative estimate of drug-likeness (QED) is 0.828. The minimum Gasteiger partial charge on any atom is -0.491 e. The first-order valence-electron chi connectivity index (χ1n) is 5.96. The maximum Gasteiger partial charge on any atom is 0.119 e. The highest BCUT2D eigenvalue weighted by molar-refractivity contribution is 5.28. The topological polar surface area (TPSA) is 49.7 Å². The predicted octanol–water partition coefficient (Wildman–Crippen LogP) is 2.53. The molecule has 1 rings (SSSR count). The summed E-state index contributed by atoms with van der Waals surface area (Å²) >= 11 is 0. The van der Waals surface area contributed by atoms with Crippen LogP contribution in [0.5, 0.6) is 5.75 Å². The van der Waals surface area contributed by atoms with E-state index in [1.165, 1.54) is 0 Å². The zero-order chi connectivity index (χ0) is 13.1. The zero-order valence-corrected chi connectivity index (χ0v) is 11.0. The summed E-state index contributed by atoms with van der Waals surface area (Å²) in [6.45, 7) is 7.67. The summed E-state index contributed by atoms with van der Waals surface area (Å²) in [5.41, 5.74) is 0.0242. The second-order valence-corrected chi connectivity index (χ2v) is 5.05. The summed E-state index contributed by atoms with van der Waals surface area (Å²) in [5, 5.41) is 19.4. The van der Waals surface area contributed by atoms with Crippen LogP contribution in [0, 0.1) is 5.92 Å². The molecule has 0 bridgehead atoms. The van der Waals surface area contributed by atoms with Crippen LogP contribution in [0.25, 0.3) is 0 Å². The van der Waals surface area contributed by atoms with E-state index in [9.17, 15) is 10.2 Å². The third kappa shape index (κ3) is 4.02. The molecule has 0 aliphatic rings. The van der Waals surface area contributed by atoms with Crippen molar-refractivity contribution in [3.8, 4) is 5.75 Å². The molecule has 3 nitrogen and oxygen atoms in total. The minimum atomic E-state index is -0.830. The fourth-order valence-corrected chi connectivity index (χ4v) is 1.24. The van der Waals surface area contributed by atoms with Crippen LogP contribution in [0.2, 0.25) is 0 Å². The van der Waals surface area contributed by atoms with E-state index in [0.29, 0.717) is 5.75 Å². The van der Waals surface area contributed by atoms with Crippen LogP contribution in [0.3, 0.4) is 0 Å². The first-order chi connectivity index (χ1) is 7.83. The van der Waals surface area contributed by atoms with Crippen molar-refractivity contribution in [2.75, 3.05) is 6.61 Å². The molecule has 0 spiro atoms. The van der Waals surface area contributed by atoms with E-state index in [2.05, 4.69) is 0 Å². The van der Waals surface area contributed by atoms with Crippen molar-refractivity contribution < 1.29 is 14.9 Å². The number of ether oxygens (including phenoxy) is 1. The monoisotopic (exact) mass is 238 g/mol. The lowest BCUT2D eigenvalue weighted by molar-refractivity contribution is -0.0266. The molecule has 1 aromatic carbocycles. The van der Waals surface area contributed by atoms with Gasteiger partial charge in [0.15, 0.2) is 0 Å². The molecule has 0 saturated carbocycles. The molecule has 0 radical (unpaired) electrons. The fraction of sp³-hybridized carbons (Fsp3) is 0.571. The lowest BCUT2D eigenvalue weighted by Crippen LogP contribution is -2.37. The standard InChI is InChI=1S/C14H22O3/c1-10(2)14(4,16)9-17-13-7-5-12(6-8-13)11(3)15/h5-8,10-11,15-16H,9H2,1-4H3/t11-,14?/m0/s1. The predicted molar refractivity (Wildman–Crippen MR) is 68.0 cm³/mol. The Balaban J connectivity index is 2.59. The van der Waals surface area contributed by atoms with Gasteiger partial charge in [-0.2, -0.15) is 0 Å². The number of aliphatic hydroxyl groups excluding tert-OH is 1. The van der Waals surface area contributed by atoms with Crippen molar-refractivity contribution in [3.63, 3.8) is 0 Å². The molecule has 0 fully saturated rings. The zero-order valence-electron chi connectivity index (χ0n) is 11.0. The molecule has 1 aromatic rings. The average Bonchev–Trinajstić information content (AvgIpc) is 2.27. The van der Waals surface area contributed by atoms with E-state index < -0.39 is 11.7 Å². The summed E-state index contributed by atoms with van der Waals surface area (Å²) in [7, 11) is 0. The molecule has 0 heterocycles. The molecule has 2 atom stereocenters. The van der Waals surface area contributed by atoms with Gasteiger partial charge in [0.25, 0.3) is 0 Å². The summed E-state index contributed by atoms with van der Waals surface area (Å²) < 4.78 is 5.54. The van der Waals surface area contributed by atoms with E-state index in [-0.39, 0.29) is 12.5 Å². The van der Waals surface area contributed by atoms with Crippen molar-refractivity contribution in [1.29, 1.82) is 0 Å². The van der Waals surface area contributed by atoms with E-state index in [1.54, 1.807) is 26.0 Å². The van der Waals surface area contributed by atoms with Crippen molar-refractivity contribution in [2.45, 2.75) is 39.4 Å². The third-order valence-corrected chi connectivity index (χ3v) is 3.14. The van der Waals surface area contributed by atoms with Gasteiger partial charge < -0.3 is 14.9 Å². The summed E-state index contributed by atoms with van der Waals surface area (Å²) in [6, 6.07) is 7.26. The normalized spacial score (nSPS) is 16.6. The van der Waals surface area contributed by atoms with Gasteiger partial charge in [-0.1, -0.05) is 26.0 Å². The Bertz CT molecular complexity index is 339. The number of aliphatic hydroxyl groups is 2. The van der Waals surface area contributed by atoms with Crippen LogP contribution in [-0.2, 0) is 0 Å². The first-order valence-corrected chi connectivity index (χ1v) is 5.96. The second kappa shape index (κ2) is 5.52. The van der Waals surface area contributed by atoms with Crippen LogP contribution in [0.1, 0.15) is 39.4 Å². The molecule has 96 valence electrons. The highest BCUT2D eigenvalue weighted by Gasteiger charge is 2.25. The van der Waals surface area contributed by atoms with Crippen molar-refractivity contribution in [2.24, 2.45) is 5.92 Å². The molecule has 3 heteroatoms. The van der Waals surface area contributed by atoms with Gasteiger partial charge in [-0.05, 0) is 37.5 Å². The molecular formula is C14H22O3. The fourth-order valence-electron chi connectivity index (χ4n) is 1.24. The summed E-state index contributed by atoms with van der Waals surface area (Å²) in [5.74, 6) is 0.842. The number of hydrogen-bond donors (Lipinski definition) is 2. The Labute approximate surface area is 103 Å². The highest BCUT2D eigenvalue weighted by Crippen LogP contribution is 2.21. The van der Waals surface area contributed by atoms with Gasteiger partial charge in [0.05, 0.1) is 11.7 Å². The van der Waals surface area contributed by atoms with E-state index in [1.807, 2.05) is 26.0 Å². The van der Waals surface area contributed by atoms with Crippen molar-refractivity contribution >= 4 is 0 Å². The molecule has 1 unspecified atom stereocenters. The van der Waals surface area contributed by atoms with Gasteiger partial charge in [-0.15, -0.1) is 0 Å². The molecule has 0 aliphatic carbocycles. The van der Waals surface area contributed by atoms with Gasteiger partial charge in [0.2, 0.25) is 0 Å². The number of benzene rings is 1. The van der Waals surface area contributed by atoms with Gasteiger partial charge >= 0.3 is 0 Å². The summed E-state index contributed by atoms with van der Waals surface area (Å²) in [4.78, 5) is 0. The molecule has 0 aromatic heterocycles. The SMILES string of the molecule is CC(C)C(C)(O)COc1ccc([C@H](C)O)cc1. The van der Waals surface area contributed by atoms with Crippen LogP contribution >= 0.6 is 0 Å². The Morgan fingerprint density at radius 1 is 1.18 bits per heavy atom. The lowest BCUT2D eigenvalue weighted by atomic mass is 9.94. The largest absolute Gasteiger partial charge is 0.491 e. The molecule has 2 N–H and O–H groups in total. The molecule has 0 saturated heterocycles. The maximum absolute atomic E-state index is 10.0. The maximum atomic E-state index is 10.0. The van der Waals surface area contributed by atoms with Gasteiger partial charge in [0, 0.05) is 0 Å². The van der Waals surface area contributed by atoms with E-state index in [0.717, 1.165) is 5.56 Å². The Hall–Kier alpha value is -1.06. The van der Waals surface area contributed by atoms with Gasteiger partial charge in [0.1, 0.15) is 12.4 Å². The van der Waals surface area contributed by atoms with Crippen molar-refractivity contribution in [1.82, 2.24) is 0 Å². The number of hydrogen-bond acceptors (Lipinski definition) is 3. The lowest BCUT2D eigenvalue weighted by Gasteiger charge is -2.27. The van der Waals surface area contributed by atoms with Gasteiger partial charge in [-0.3, -0.25) is 0 Å².